The first kappa shape index (κ1) is 18.2. The second-order valence-corrected chi connectivity index (χ2v) is 6.20. The summed E-state index contributed by atoms with van der Waals surface area (Å²) in [6.45, 7) is 0.636. The number of benzene rings is 1. The zero-order valence-corrected chi connectivity index (χ0v) is 13.9. The van der Waals surface area contributed by atoms with Crippen LogP contribution in [-0.2, 0) is 22.8 Å². The van der Waals surface area contributed by atoms with Crippen LogP contribution in [0.15, 0.2) is 24.3 Å². The Morgan fingerprint density at radius 1 is 1.31 bits per heavy atom. The number of aliphatic carboxylic acids is 1. The summed E-state index contributed by atoms with van der Waals surface area (Å²) >= 11 is 0. The van der Waals surface area contributed by atoms with Crippen LogP contribution >= 0.6 is 0 Å². The van der Waals surface area contributed by atoms with Crippen LogP contribution < -0.4 is 0 Å². The van der Waals surface area contributed by atoms with Gasteiger partial charge in [0.15, 0.2) is 0 Å². The van der Waals surface area contributed by atoms with Crippen molar-refractivity contribution >= 4 is 22.8 Å². The number of nitrogens with zero attached hydrogens (tertiary/aromatic N) is 2. The minimum absolute atomic E-state index is 0.125. The number of carboxylic acids is 1. The Labute approximate surface area is 146 Å². The minimum Gasteiger partial charge on any atom is -0.481 e. The van der Waals surface area contributed by atoms with Crippen LogP contribution in [0.5, 0.6) is 0 Å². The van der Waals surface area contributed by atoms with Crippen molar-refractivity contribution in [2.45, 2.75) is 18.7 Å². The van der Waals surface area contributed by atoms with E-state index in [0.717, 1.165) is 12.1 Å². The highest BCUT2D eigenvalue weighted by atomic mass is 19.4. The van der Waals surface area contributed by atoms with Gasteiger partial charge in [0.2, 0.25) is 0 Å². The number of carbonyl (C=O) groups excluding carboxylic acids is 1. The molecule has 1 aliphatic rings. The molecule has 0 unspecified atom stereocenters. The summed E-state index contributed by atoms with van der Waals surface area (Å²) < 4.78 is 45.5. The summed E-state index contributed by atoms with van der Waals surface area (Å²) in [5.41, 5.74) is -0.0190. The van der Waals surface area contributed by atoms with Crippen molar-refractivity contribution in [1.29, 1.82) is 0 Å². The van der Waals surface area contributed by atoms with E-state index < -0.39 is 23.8 Å². The van der Waals surface area contributed by atoms with E-state index in [-0.39, 0.29) is 31.2 Å². The number of morpholine rings is 1. The zero-order valence-electron chi connectivity index (χ0n) is 13.9. The number of halogens is 3. The lowest BCUT2D eigenvalue weighted by Crippen LogP contribution is -2.46. The standard InChI is InChI=1S/C17H17F3N2O4/c1-21-13-3-2-11(17(18,19)20)6-10(13)7-14(21)16(25)22-4-5-26-12(9-22)8-15(23)24/h2-3,6-7,12H,4-5,8-9H2,1H3,(H,23,24)/t12-/m1/s1. The molecule has 0 spiro atoms. The molecule has 0 radical (unpaired) electrons. The first-order valence-corrected chi connectivity index (χ1v) is 7.96. The molecule has 26 heavy (non-hydrogen) atoms. The highest BCUT2D eigenvalue weighted by Crippen LogP contribution is 2.32. The number of carbonyl (C=O) groups is 2. The van der Waals surface area contributed by atoms with Gasteiger partial charge in [-0.3, -0.25) is 9.59 Å². The fourth-order valence-corrected chi connectivity index (χ4v) is 3.12. The first-order valence-electron chi connectivity index (χ1n) is 7.96. The molecule has 0 bridgehead atoms. The molecule has 0 aliphatic carbocycles. The molecule has 2 aromatic rings. The summed E-state index contributed by atoms with van der Waals surface area (Å²) in [5, 5.41) is 9.18. The number of alkyl halides is 3. The van der Waals surface area contributed by atoms with Gasteiger partial charge in [-0.05, 0) is 24.3 Å². The van der Waals surface area contributed by atoms with E-state index in [2.05, 4.69) is 0 Å². The van der Waals surface area contributed by atoms with Gasteiger partial charge in [0.1, 0.15) is 5.69 Å². The molecule has 1 aromatic heterocycles. The predicted octanol–water partition coefficient (Wildman–Crippen LogP) is 2.51. The van der Waals surface area contributed by atoms with Crippen LogP contribution in [0.4, 0.5) is 13.2 Å². The van der Waals surface area contributed by atoms with Gasteiger partial charge in [-0.2, -0.15) is 13.2 Å². The van der Waals surface area contributed by atoms with E-state index in [0.29, 0.717) is 17.4 Å². The van der Waals surface area contributed by atoms with Gasteiger partial charge < -0.3 is 19.3 Å². The molecule has 9 heteroatoms. The van der Waals surface area contributed by atoms with Gasteiger partial charge in [-0.1, -0.05) is 0 Å². The summed E-state index contributed by atoms with van der Waals surface area (Å²) in [4.78, 5) is 25.1. The monoisotopic (exact) mass is 370 g/mol. The summed E-state index contributed by atoms with van der Waals surface area (Å²) in [6, 6.07) is 4.75. The third-order valence-electron chi connectivity index (χ3n) is 4.42. The number of hydrogen-bond donors (Lipinski definition) is 1. The summed E-state index contributed by atoms with van der Waals surface area (Å²) in [7, 11) is 1.61. The van der Waals surface area contributed by atoms with E-state index in [9.17, 15) is 22.8 Å². The molecular formula is C17H17F3N2O4. The third-order valence-corrected chi connectivity index (χ3v) is 4.42. The van der Waals surface area contributed by atoms with Crippen molar-refractivity contribution in [3.63, 3.8) is 0 Å². The Morgan fingerprint density at radius 2 is 2.04 bits per heavy atom. The van der Waals surface area contributed by atoms with Crippen LogP contribution in [0.3, 0.4) is 0 Å². The number of fused-ring (bicyclic) bond motifs is 1. The number of amides is 1. The molecule has 0 saturated carbocycles. The number of ether oxygens (including phenoxy) is 1. The number of carboxylic acid groups (broad SMARTS) is 1. The summed E-state index contributed by atoms with van der Waals surface area (Å²) in [6.07, 6.45) is -5.27. The fourth-order valence-electron chi connectivity index (χ4n) is 3.12. The Bertz CT molecular complexity index is 860. The number of rotatable bonds is 3. The van der Waals surface area contributed by atoms with Crippen molar-refractivity contribution in [2.75, 3.05) is 19.7 Å². The van der Waals surface area contributed by atoms with E-state index in [1.807, 2.05) is 0 Å². The van der Waals surface area contributed by atoms with Crippen LogP contribution in [0.25, 0.3) is 10.9 Å². The molecule has 1 atom stereocenters. The maximum Gasteiger partial charge on any atom is 0.416 e. The predicted molar refractivity (Wildman–Crippen MR) is 85.8 cm³/mol. The van der Waals surface area contributed by atoms with Crippen LogP contribution in [0, 0.1) is 0 Å². The van der Waals surface area contributed by atoms with Crippen molar-refractivity contribution in [3.05, 3.63) is 35.5 Å². The highest BCUT2D eigenvalue weighted by Gasteiger charge is 2.32. The second kappa shape index (κ2) is 6.64. The van der Waals surface area contributed by atoms with Gasteiger partial charge in [0.25, 0.3) is 5.91 Å². The smallest absolute Gasteiger partial charge is 0.416 e. The number of hydrogen-bond acceptors (Lipinski definition) is 3. The van der Waals surface area contributed by atoms with Gasteiger partial charge in [-0.15, -0.1) is 0 Å². The zero-order chi connectivity index (χ0) is 19.1. The lowest BCUT2D eigenvalue weighted by Gasteiger charge is -2.32. The fraction of sp³-hybridized carbons (Fsp3) is 0.412. The Kier molecular flexibility index (Phi) is 4.66. The van der Waals surface area contributed by atoms with Crippen molar-refractivity contribution in [3.8, 4) is 0 Å². The van der Waals surface area contributed by atoms with Gasteiger partial charge in [0, 0.05) is 31.0 Å². The second-order valence-electron chi connectivity index (χ2n) is 6.20. The van der Waals surface area contributed by atoms with Crippen molar-refractivity contribution in [1.82, 2.24) is 9.47 Å². The SMILES string of the molecule is Cn1c(C(=O)N2CCO[C@H](CC(=O)O)C2)cc2cc(C(F)(F)F)ccc21. The van der Waals surface area contributed by atoms with Gasteiger partial charge >= 0.3 is 12.1 Å². The molecule has 1 fully saturated rings. The molecule has 1 amide bonds. The Hall–Kier alpha value is -2.55. The molecule has 6 nitrogen and oxygen atoms in total. The van der Waals surface area contributed by atoms with E-state index in [4.69, 9.17) is 9.84 Å². The van der Waals surface area contributed by atoms with Crippen molar-refractivity contribution in [2.24, 2.45) is 7.05 Å². The van der Waals surface area contributed by atoms with Gasteiger partial charge in [0.05, 0.1) is 24.7 Å². The minimum atomic E-state index is -4.46. The first-order chi connectivity index (χ1) is 12.2. The van der Waals surface area contributed by atoms with Crippen LogP contribution in [-0.4, -0.2) is 52.3 Å². The Morgan fingerprint density at radius 3 is 2.69 bits per heavy atom. The number of aryl methyl sites for hydroxylation is 1. The van der Waals surface area contributed by atoms with Crippen molar-refractivity contribution < 1.29 is 32.6 Å². The number of aromatic nitrogens is 1. The Balaban J connectivity index is 1.88. The average molecular weight is 370 g/mol. The maximum atomic E-state index is 12.9. The maximum absolute atomic E-state index is 12.9. The summed E-state index contributed by atoms with van der Waals surface area (Å²) in [5.74, 6) is -1.38. The quantitative estimate of drug-likeness (QED) is 0.901. The third kappa shape index (κ3) is 3.52. The average Bonchev–Trinajstić information content (AvgIpc) is 2.89. The largest absolute Gasteiger partial charge is 0.481 e. The molecule has 3 rings (SSSR count). The van der Waals surface area contributed by atoms with Crippen LogP contribution in [0.1, 0.15) is 22.5 Å². The van der Waals surface area contributed by atoms with E-state index >= 15 is 0 Å². The van der Waals surface area contributed by atoms with E-state index in [1.54, 1.807) is 11.6 Å². The van der Waals surface area contributed by atoms with Gasteiger partial charge in [-0.25, -0.2) is 0 Å². The normalized spacial score (nSPS) is 18.3. The molecule has 1 aromatic carbocycles. The lowest BCUT2D eigenvalue weighted by atomic mass is 10.1. The molecule has 1 aliphatic heterocycles. The van der Waals surface area contributed by atoms with E-state index in [1.165, 1.54) is 17.0 Å². The lowest BCUT2D eigenvalue weighted by molar-refractivity contribution is -0.141. The highest BCUT2D eigenvalue weighted by molar-refractivity contribution is 5.99. The molecule has 1 N–H and O–H groups in total. The molecule has 140 valence electrons. The topological polar surface area (TPSA) is 71.8 Å². The molecule has 1 saturated heterocycles. The molecular weight excluding hydrogens is 353 g/mol. The molecule has 2 heterocycles. The van der Waals surface area contributed by atoms with Crippen LogP contribution in [0.2, 0.25) is 0 Å².